The molecule has 4 nitrogen and oxygen atoms in total. The van der Waals surface area contributed by atoms with Gasteiger partial charge < -0.3 is 4.74 Å². The lowest BCUT2D eigenvalue weighted by Crippen LogP contribution is -2.24. The van der Waals surface area contributed by atoms with Crippen LogP contribution in [0.1, 0.15) is 0 Å². The maximum absolute atomic E-state index is 11.9. The van der Waals surface area contributed by atoms with E-state index in [0.29, 0.717) is 15.2 Å². The van der Waals surface area contributed by atoms with Crippen molar-refractivity contribution >= 4 is 73.9 Å². The number of hydrogen-bond donors (Lipinski definition) is 0. The van der Waals surface area contributed by atoms with Crippen LogP contribution in [0.4, 0.5) is 0 Å². The van der Waals surface area contributed by atoms with Crippen molar-refractivity contribution in [1.82, 2.24) is 4.57 Å². The molecule has 0 saturated heterocycles. The summed E-state index contributed by atoms with van der Waals surface area (Å²) in [7, 11) is 0. The molecule has 0 amide bonds. The minimum absolute atomic E-state index is 0.288. The van der Waals surface area contributed by atoms with E-state index < -0.39 is 9.76 Å². The molecule has 0 aliphatic heterocycles. The fraction of sp³-hybridized carbons (Fsp3) is 0.273. The second-order valence-corrected chi connectivity index (χ2v) is 7.73. The molecule has 108 valence electrons. The lowest BCUT2D eigenvalue weighted by atomic mass is 10.3. The monoisotopic (exact) mass is 373 g/mol. The first kappa shape index (κ1) is 15.9. The smallest absolute Gasteiger partial charge is 0.326 e. The van der Waals surface area contributed by atoms with Crippen LogP contribution in [0.25, 0.3) is 10.2 Å². The standard InChI is InChI=1S/C11H7Cl4NO3S/c12-6-2-1-3-7-9(6)16(10(18)20-7)4-8(17)19-5-11(13,14)15/h1-3H,4-5H2. The van der Waals surface area contributed by atoms with Gasteiger partial charge in [0.15, 0.2) is 0 Å². The fourth-order valence-electron chi connectivity index (χ4n) is 1.56. The van der Waals surface area contributed by atoms with Crippen molar-refractivity contribution < 1.29 is 9.53 Å². The van der Waals surface area contributed by atoms with Gasteiger partial charge in [-0.2, -0.15) is 0 Å². The van der Waals surface area contributed by atoms with E-state index in [9.17, 15) is 9.59 Å². The second-order valence-electron chi connectivity index (χ2n) is 3.82. The molecule has 0 aliphatic rings. The number of benzene rings is 1. The van der Waals surface area contributed by atoms with Crippen LogP contribution in [-0.2, 0) is 16.1 Å². The number of para-hydroxylation sites is 1. The molecule has 20 heavy (non-hydrogen) atoms. The first-order chi connectivity index (χ1) is 9.28. The van der Waals surface area contributed by atoms with Crippen LogP contribution >= 0.6 is 57.7 Å². The van der Waals surface area contributed by atoms with Gasteiger partial charge in [0.2, 0.25) is 3.79 Å². The number of rotatable bonds is 3. The largest absolute Gasteiger partial charge is 0.460 e. The summed E-state index contributed by atoms with van der Waals surface area (Å²) in [6.07, 6.45) is 0. The van der Waals surface area contributed by atoms with Crippen molar-refractivity contribution in [1.29, 1.82) is 0 Å². The van der Waals surface area contributed by atoms with Crippen LogP contribution in [0.3, 0.4) is 0 Å². The highest BCUT2D eigenvalue weighted by atomic mass is 35.6. The molecule has 0 fully saturated rings. The van der Waals surface area contributed by atoms with E-state index in [4.69, 9.17) is 51.1 Å². The van der Waals surface area contributed by atoms with Crippen molar-refractivity contribution in [2.24, 2.45) is 0 Å². The topological polar surface area (TPSA) is 48.3 Å². The third kappa shape index (κ3) is 3.80. The Bertz CT molecular complexity index is 704. The van der Waals surface area contributed by atoms with E-state index in [1.54, 1.807) is 18.2 Å². The molecule has 0 aliphatic carbocycles. The molecule has 1 aromatic heterocycles. The average Bonchev–Trinajstić information content (AvgIpc) is 2.64. The van der Waals surface area contributed by atoms with Crippen molar-refractivity contribution in [2.75, 3.05) is 6.61 Å². The molecule has 0 unspecified atom stereocenters. The number of nitrogens with zero attached hydrogens (tertiary/aromatic N) is 1. The maximum atomic E-state index is 11.9. The van der Waals surface area contributed by atoms with Crippen molar-refractivity contribution in [3.8, 4) is 0 Å². The summed E-state index contributed by atoms with van der Waals surface area (Å²) < 4.78 is 5.04. The first-order valence-electron chi connectivity index (χ1n) is 5.28. The van der Waals surface area contributed by atoms with Gasteiger partial charge in [-0.1, -0.05) is 63.8 Å². The van der Waals surface area contributed by atoms with Crippen molar-refractivity contribution in [2.45, 2.75) is 10.3 Å². The zero-order valence-electron chi connectivity index (χ0n) is 9.74. The summed E-state index contributed by atoms with van der Waals surface area (Å²) in [6.45, 7) is -0.676. The number of ether oxygens (including phenoxy) is 1. The molecule has 2 aromatic rings. The summed E-state index contributed by atoms with van der Waals surface area (Å²) >= 11 is 23.5. The van der Waals surface area contributed by atoms with E-state index >= 15 is 0 Å². The molecule has 0 bridgehead atoms. The molecule has 0 atom stereocenters. The molecule has 2 rings (SSSR count). The van der Waals surface area contributed by atoms with Crippen LogP contribution in [0.15, 0.2) is 23.0 Å². The molecule has 0 saturated carbocycles. The first-order valence-corrected chi connectivity index (χ1v) is 7.61. The molecule has 0 N–H and O–H groups in total. The van der Waals surface area contributed by atoms with Crippen LogP contribution in [0, 0.1) is 0 Å². The molecular formula is C11H7Cl4NO3S. The summed E-state index contributed by atoms with van der Waals surface area (Å²) in [5.41, 5.74) is 0.495. The summed E-state index contributed by atoms with van der Waals surface area (Å²) in [5.74, 6) is -0.682. The summed E-state index contributed by atoms with van der Waals surface area (Å²) in [4.78, 5) is 23.2. The van der Waals surface area contributed by atoms with Gasteiger partial charge in [-0.05, 0) is 12.1 Å². The van der Waals surface area contributed by atoms with Gasteiger partial charge in [-0.3, -0.25) is 14.2 Å². The fourth-order valence-corrected chi connectivity index (χ4v) is 2.97. The van der Waals surface area contributed by atoms with Crippen molar-refractivity contribution in [3.05, 3.63) is 32.9 Å². The third-order valence-electron chi connectivity index (χ3n) is 2.32. The number of esters is 1. The lowest BCUT2D eigenvalue weighted by molar-refractivity contribution is -0.144. The Hall–Kier alpha value is -0.460. The Balaban J connectivity index is 2.24. The van der Waals surface area contributed by atoms with Gasteiger partial charge in [-0.15, -0.1) is 0 Å². The quantitative estimate of drug-likeness (QED) is 0.608. The number of alkyl halides is 3. The summed E-state index contributed by atoms with van der Waals surface area (Å²) in [5, 5.41) is 0.384. The summed E-state index contributed by atoms with van der Waals surface area (Å²) in [6, 6.07) is 5.11. The predicted molar refractivity (Wildman–Crippen MR) is 82.3 cm³/mol. The normalized spacial score (nSPS) is 11.8. The highest BCUT2D eigenvalue weighted by Crippen LogP contribution is 2.27. The van der Waals surface area contributed by atoms with Gasteiger partial charge in [0.05, 0.1) is 15.2 Å². The van der Waals surface area contributed by atoms with Gasteiger partial charge in [0.1, 0.15) is 13.2 Å². The number of aromatic nitrogens is 1. The second kappa shape index (κ2) is 6.12. The minimum atomic E-state index is -1.69. The minimum Gasteiger partial charge on any atom is -0.460 e. The predicted octanol–water partition coefficient (Wildman–Crippen LogP) is 3.63. The maximum Gasteiger partial charge on any atom is 0.326 e. The molecular weight excluding hydrogens is 368 g/mol. The highest BCUT2D eigenvalue weighted by Gasteiger charge is 2.23. The van der Waals surface area contributed by atoms with Crippen LogP contribution in [-0.4, -0.2) is 20.9 Å². The Morgan fingerprint density at radius 3 is 2.70 bits per heavy atom. The van der Waals surface area contributed by atoms with Crippen LogP contribution in [0.5, 0.6) is 0 Å². The lowest BCUT2D eigenvalue weighted by Gasteiger charge is -2.11. The molecule has 9 heteroatoms. The van der Waals surface area contributed by atoms with Crippen LogP contribution < -0.4 is 4.87 Å². The number of fused-ring (bicyclic) bond motifs is 1. The van der Waals surface area contributed by atoms with Gasteiger partial charge >= 0.3 is 10.8 Å². The SMILES string of the molecule is O=C(Cn1c(=O)sc2cccc(Cl)c21)OCC(Cl)(Cl)Cl. The zero-order chi connectivity index (χ0) is 14.9. The molecule has 0 radical (unpaired) electrons. The van der Waals surface area contributed by atoms with Gasteiger partial charge in [0.25, 0.3) is 0 Å². The molecule has 1 aromatic carbocycles. The Labute approximate surface area is 137 Å². The Morgan fingerprint density at radius 1 is 1.35 bits per heavy atom. The number of carbonyl (C=O) groups is 1. The average molecular weight is 375 g/mol. The molecule has 0 spiro atoms. The van der Waals surface area contributed by atoms with E-state index in [1.807, 2.05) is 0 Å². The number of thiazole rings is 1. The van der Waals surface area contributed by atoms with Crippen LogP contribution in [0.2, 0.25) is 5.02 Å². The Kier molecular flexibility index (Phi) is 4.87. The molecule has 1 heterocycles. The van der Waals surface area contributed by atoms with E-state index in [0.717, 1.165) is 11.3 Å². The highest BCUT2D eigenvalue weighted by molar-refractivity contribution is 7.16. The third-order valence-corrected chi connectivity index (χ3v) is 3.90. The van der Waals surface area contributed by atoms with E-state index in [-0.39, 0.29) is 18.0 Å². The number of halogens is 4. The number of hydrogen-bond acceptors (Lipinski definition) is 4. The van der Waals surface area contributed by atoms with Gasteiger partial charge in [0, 0.05) is 0 Å². The van der Waals surface area contributed by atoms with E-state index in [2.05, 4.69) is 0 Å². The van der Waals surface area contributed by atoms with Gasteiger partial charge in [-0.25, -0.2) is 0 Å². The number of carbonyl (C=O) groups excluding carboxylic acids is 1. The van der Waals surface area contributed by atoms with E-state index in [1.165, 1.54) is 4.57 Å². The van der Waals surface area contributed by atoms with Crippen molar-refractivity contribution in [3.63, 3.8) is 0 Å². The zero-order valence-corrected chi connectivity index (χ0v) is 13.6. The Morgan fingerprint density at radius 2 is 2.05 bits per heavy atom.